The molecule has 0 aromatic heterocycles. The Kier molecular flexibility index (Phi) is 3.10. The second-order valence-electron chi connectivity index (χ2n) is 4.16. The normalized spacial score (nSPS) is 16.5. The van der Waals surface area contributed by atoms with Crippen LogP contribution in [0.2, 0.25) is 5.02 Å². The quantitative estimate of drug-likeness (QED) is 0.899. The van der Waals surface area contributed by atoms with E-state index in [4.69, 9.17) is 31.5 Å². The highest BCUT2D eigenvalue weighted by Gasteiger charge is 2.45. The highest BCUT2D eigenvalue weighted by Crippen LogP contribution is 2.54. The van der Waals surface area contributed by atoms with Gasteiger partial charge in [-0.3, -0.25) is 0 Å². The average Bonchev–Trinajstić information content (AvgIpc) is 3.06. The summed E-state index contributed by atoms with van der Waals surface area (Å²) in [6, 6.07) is 1.71. The van der Waals surface area contributed by atoms with Gasteiger partial charge >= 0.3 is 0 Å². The van der Waals surface area contributed by atoms with E-state index in [1.54, 1.807) is 27.4 Å². The van der Waals surface area contributed by atoms with Crippen molar-refractivity contribution in [3.8, 4) is 17.2 Å². The number of hydrogen-bond acceptors (Lipinski definition) is 4. The smallest absolute Gasteiger partial charge is 0.203 e. The molecule has 17 heavy (non-hydrogen) atoms. The van der Waals surface area contributed by atoms with E-state index in [-0.39, 0.29) is 5.54 Å². The third kappa shape index (κ3) is 1.91. The standard InChI is InChI=1S/C12H16ClNO3/c1-15-8-6-7(13)9(12(14)4-5-12)11(17-3)10(8)16-2/h6H,4-5,14H2,1-3H3. The maximum atomic E-state index is 6.25. The zero-order valence-corrected chi connectivity index (χ0v) is 10.9. The summed E-state index contributed by atoms with van der Waals surface area (Å²) >= 11 is 6.25. The lowest BCUT2D eigenvalue weighted by molar-refractivity contribution is 0.320. The number of halogens is 1. The minimum absolute atomic E-state index is 0.387. The van der Waals surface area contributed by atoms with Gasteiger partial charge in [-0.15, -0.1) is 0 Å². The van der Waals surface area contributed by atoms with E-state index in [0.29, 0.717) is 22.3 Å². The Hall–Kier alpha value is -1.13. The van der Waals surface area contributed by atoms with Crippen molar-refractivity contribution < 1.29 is 14.2 Å². The Bertz CT molecular complexity index is 444. The molecule has 0 spiro atoms. The summed E-state index contributed by atoms with van der Waals surface area (Å²) in [6.45, 7) is 0. The van der Waals surface area contributed by atoms with Crippen molar-refractivity contribution >= 4 is 11.6 Å². The second kappa shape index (κ2) is 4.27. The number of ether oxygens (including phenoxy) is 3. The lowest BCUT2D eigenvalue weighted by atomic mass is 10.0. The first kappa shape index (κ1) is 12.3. The Labute approximate surface area is 106 Å². The predicted octanol–water partition coefficient (Wildman–Crippen LogP) is 2.31. The molecule has 0 heterocycles. The molecule has 0 aliphatic heterocycles. The topological polar surface area (TPSA) is 53.7 Å². The number of methoxy groups -OCH3 is 3. The molecule has 0 bridgehead atoms. The van der Waals surface area contributed by atoms with Crippen molar-refractivity contribution in [1.82, 2.24) is 0 Å². The van der Waals surface area contributed by atoms with Crippen molar-refractivity contribution in [2.45, 2.75) is 18.4 Å². The summed E-state index contributed by atoms with van der Waals surface area (Å²) in [6.07, 6.45) is 1.80. The lowest BCUT2D eigenvalue weighted by Crippen LogP contribution is -2.20. The van der Waals surface area contributed by atoms with E-state index in [1.165, 1.54) is 0 Å². The highest BCUT2D eigenvalue weighted by molar-refractivity contribution is 6.32. The van der Waals surface area contributed by atoms with Crippen molar-refractivity contribution in [1.29, 1.82) is 0 Å². The molecule has 1 aromatic rings. The number of hydrogen-bond donors (Lipinski definition) is 1. The first-order valence-corrected chi connectivity index (χ1v) is 5.73. The molecule has 4 nitrogen and oxygen atoms in total. The summed E-state index contributed by atoms with van der Waals surface area (Å²) in [5.74, 6) is 1.64. The largest absolute Gasteiger partial charge is 0.493 e. The third-order valence-corrected chi connectivity index (χ3v) is 3.37. The SMILES string of the molecule is COc1cc(Cl)c(C2(N)CC2)c(OC)c1OC. The van der Waals surface area contributed by atoms with Gasteiger partial charge in [-0.2, -0.15) is 0 Å². The van der Waals surface area contributed by atoms with E-state index in [9.17, 15) is 0 Å². The molecule has 0 amide bonds. The minimum Gasteiger partial charge on any atom is -0.493 e. The maximum Gasteiger partial charge on any atom is 0.203 e. The molecular weight excluding hydrogens is 242 g/mol. The molecular formula is C12H16ClNO3. The number of benzene rings is 1. The van der Waals surface area contributed by atoms with Gasteiger partial charge in [-0.1, -0.05) is 11.6 Å². The van der Waals surface area contributed by atoms with Gasteiger partial charge in [0.1, 0.15) is 0 Å². The van der Waals surface area contributed by atoms with Crippen LogP contribution in [-0.2, 0) is 5.54 Å². The summed E-state index contributed by atoms with van der Waals surface area (Å²) in [7, 11) is 4.69. The molecule has 2 rings (SSSR count). The first-order valence-electron chi connectivity index (χ1n) is 5.35. The molecule has 0 unspecified atom stereocenters. The molecule has 1 saturated carbocycles. The van der Waals surface area contributed by atoms with Crippen LogP contribution in [-0.4, -0.2) is 21.3 Å². The summed E-state index contributed by atoms with van der Waals surface area (Å²) in [5.41, 5.74) is 6.62. The lowest BCUT2D eigenvalue weighted by Gasteiger charge is -2.20. The maximum absolute atomic E-state index is 6.25. The fourth-order valence-electron chi connectivity index (χ4n) is 1.97. The van der Waals surface area contributed by atoms with Crippen LogP contribution >= 0.6 is 11.6 Å². The van der Waals surface area contributed by atoms with Gasteiger partial charge in [0, 0.05) is 17.2 Å². The van der Waals surface area contributed by atoms with Crippen LogP contribution in [0, 0.1) is 0 Å². The van der Waals surface area contributed by atoms with Crippen molar-refractivity contribution in [3.05, 3.63) is 16.7 Å². The van der Waals surface area contributed by atoms with Gasteiger partial charge in [0.05, 0.1) is 26.4 Å². The molecule has 0 radical (unpaired) electrons. The highest BCUT2D eigenvalue weighted by atomic mass is 35.5. The Morgan fingerprint density at radius 3 is 2.12 bits per heavy atom. The van der Waals surface area contributed by atoms with Gasteiger partial charge in [0.2, 0.25) is 5.75 Å². The molecule has 2 N–H and O–H groups in total. The molecule has 1 aromatic carbocycles. The third-order valence-electron chi connectivity index (χ3n) is 3.07. The van der Waals surface area contributed by atoms with Crippen molar-refractivity contribution in [3.63, 3.8) is 0 Å². The molecule has 0 atom stereocenters. The van der Waals surface area contributed by atoms with Crippen LogP contribution in [0.3, 0.4) is 0 Å². The molecule has 0 saturated heterocycles. The fraction of sp³-hybridized carbons (Fsp3) is 0.500. The van der Waals surface area contributed by atoms with Gasteiger partial charge in [0.25, 0.3) is 0 Å². The van der Waals surface area contributed by atoms with Crippen LogP contribution in [0.4, 0.5) is 0 Å². The van der Waals surface area contributed by atoms with E-state index < -0.39 is 0 Å². The molecule has 1 aliphatic rings. The molecule has 5 heteroatoms. The van der Waals surface area contributed by atoms with Gasteiger partial charge in [-0.25, -0.2) is 0 Å². The molecule has 1 fully saturated rings. The van der Waals surface area contributed by atoms with Crippen LogP contribution in [0.1, 0.15) is 18.4 Å². The van der Waals surface area contributed by atoms with Crippen LogP contribution in [0.25, 0.3) is 0 Å². The summed E-state index contributed by atoms with van der Waals surface area (Å²) in [4.78, 5) is 0. The summed E-state index contributed by atoms with van der Waals surface area (Å²) < 4.78 is 15.9. The Morgan fingerprint density at radius 1 is 1.12 bits per heavy atom. The van der Waals surface area contributed by atoms with Crippen molar-refractivity contribution in [2.24, 2.45) is 5.73 Å². The van der Waals surface area contributed by atoms with E-state index in [0.717, 1.165) is 18.4 Å². The van der Waals surface area contributed by atoms with Crippen LogP contribution in [0.15, 0.2) is 6.07 Å². The van der Waals surface area contributed by atoms with Crippen LogP contribution < -0.4 is 19.9 Å². The summed E-state index contributed by atoms with van der Waals surface area (Å²) in [5, 5.41) is 0.555. The zero-order chi connectivity index (χ0) is 12.6. The Balaban J connectivity index is 2.66. The molecule has 1 aliphatic carbocycles. The first-order chi connectivity index (χ1) is 8.07. The molecule has 94 valence electrons. The van der Waals surface area contributed by atoms with Gasteiger partial charge in [-0.05, 0) is 12.8 Å². The van der Waals surface area contributed by atoms with Gasteiger partial charge < -0.3 is 19.9 Å². The predicted molar refractivity (Wildman–Crippen MR) is 66.2 cm³/mol. The van der Waals surface area contributed by atoms with Crippen LogP contribution in [0.5, 0.6) is 17.2 Å². The minimum atomic E-state index is -0.387. The fourth-order valence-corrected chi connectivity index (χ4v) is 2.35. The monoisotopic (exact) mass is 257 g/mol. The van der Waals surface area contributed by atoms with E-state index in [2.05, 4.69) is 0 Å². The van der Waals surface area contributed by atoms with E-state index in [1.807, 2.05) is 0 Å². The number of nitrogens with two attached hydrogens (primary N) is 1. The van der Waals surface area contributed by atoms with Crippen molar-refractivity contribution in [2.75, 3.05) is 21.3 Å². The Morgan fingerprint density at radius 2 is 1.71 bits per heavy atom. The van der Waals surface area contributed by atoms with Gasteiger partial charge in [0.15, 0.2) is 11.5 Å². The number of rotatable bonds is 4. The zero-order valence-electron chi connectivity index (χ0n) is 10.2. The average molecular weight is 258 g/mol. The second-order valence-corrected chi connectivity index (χ2v) is 4.57. The van der Waals surface area contributed by atoms with E-state index >= 15 is 0 Å².